The third-order valence-corrected chi connectivity index (χ3v) is 3.43. The Labute approximate surface area is 119 Å². The second kappa shape index (κ2) is 5.86. The number of benzene rings is 1. The summed E-state index contributed by atoms with van der Waals surface area (Å²) in [5, 5.41) is 19.2. The van der Waals surface area contributed by atoms with Crippen LogP contribution in [0, 0.1) is 21.8 Å². The molecule has 1 aromatic carbocycles. The zero-order chi connectivity index (χ0) is 15.6. The highest BCUT2D eigenvalue weighted by molar-refractivity contribution is 5.95. The molecule has 1 aromatic rings. The minimum absolute atomic E-state index is 0.0352. The van der Waals surface area contributed by atoms with E-state index in [-0.39, 0.29) is 24.4 Å². The van der Waals surface area contributed by atoms with Crippen LogP contribution in [0.4, 0.5) is 10.1 Å². The second-order valence-corrected chi connectivity index (χ2v) is 4.92. The van der Waals surface area contributed by atoms with Crippen LogP contribution in [0.25, 0.3) is 0 Å². The van der Waals surface area contributed by atoms with Crippen molar-refractivity contribution in [1.82, 2.24) is 4.90 Å². The molecule has 1 aliphatic rings. The molecule has 0 aliphatic carbocycles. The van der Waals surface area contributed by atoms with Gasteiger partial charge in [-0.3, -0.25) is 19.7 Å². The quantitative estimate of drug-likeness (QED) is 0.672. The summed E-state index contributed by atoms with van der Waals surface area (Å²) in [6.07, 6.45) is 0.513. The van der Waals surface area contributed by atoms with E-state index in [0.717, 1.165) is 12.1 Å². The second-order valence-electron chi connectivity index (χ2n) is 4.92. The highest BCUT2D eigenvalue weighted by Crippen LogP contribution is 2.23. The van der Waals surface area contributed by atoms with Crippen LogP contribution >= 0.6 is 0 Å². The van der Waals surface area contributed by atoms with Gasteiger partial charge in [0.1, 0.15) is 5.82 Å². The molecule has 0 aromatic heterocycles. The van der Waals surface area contributed by atoms with E-state index in [2.05, 4.69) is 0 Å². The van der Waals surface area contributed by atoms with E-state index in [9.17, 15) is 24.1 Å². The Balaban J connectivity index is 2.11. The lowest BCUT2D eigenvalue weighted by Gasteiger charge is -2.16. The van der Waals surface area contributed by atoms with Gasteiger partial charge in [-0.1, -0.05) is 0 Å². The van der Waals surface area contributed by atoms with E-state index in [1.165, 1.54) is 4.90 Å². The van der Waals surface area contributed by atoms with E-state index < -0.39 is 28.3 Å². The normalized spacial score (nSPS) is 17.8. The minimum atomic E-state index is -0.948. The zero-order valence-electron chi connectivity index (χ0n) is 11.0. The number of carboxylic acids is 1. The highest BCUT2D eigenvalue weighted by atomic mass is 19.1. The minimum Gasteiger partial charge on any atom is -0.481 e. The van der Waals surface area contributed by atoms with Gasteiger partial charge in [0.2, 0.25) is 0 Å². The maximum absolute atomic E-state index is 13.8. The molecular weight excluding hydrogens is 283 g/mol. The molecule has 0 spiro atoms. The number of nitro benzene ring substituents is 1. The van der Waals surface area contributed by atoms with Gasteiger partial charge in [0.25, 0.3) is 11.6 Å². The fourth-order valence-electron chi connectivity index (χ4n) is 2.39. The molecule has 1 heterocycles. The number of carbonyl (C=O) groups is 2. The number of nitro groups is 1. The summed E-state index contributed by atoms with van der Waals surface area (Å²) in [5.41, 5.74) is -0.661. The van der Waals surface area contributed by atoms with Crippen molar-refractivity contribution in [3.05, 3.63) is 39.7 Å². The van der Waals surface area contributed by atoms with E-state index in [1.54, 1.807) is 0 Å². The third-order valence-electron chi connectivity index (χ3n) is 3.43. The Bertz CT molecular complexity index is 604. The molecule has 7 nitrogen and oxygen atoms in total. The molecule has 112 valence electrons. The number of rotatable bonds is 4. The largest absolute Gasteiger partial charge is 0.481 e. The number of nitrogens with zero attached hydrogens (tertiary/aromatic N) is 2. The van der Waals surface area contributed by atoms with Crippen molar-refractivity contribution in [3.8, 4) is 0 Å². The lowest BCUT2D eigenvalue weighted by Crippen LogP contribution is -2.29. The molecule has 21 heavy (non-hydrogen) atoms. The zero-order valence-corrected chi connectivity index (χ0v) is 11.0. The Hall–Kier alpha value is -2.51. The molecule has 1 saturated heterocycles. The molecule has 1 fully saturated rings. The number of halogens is 1. The molecule has 1 atom stereocenters. The van der Waals surface area contributed by atoms with Gasteiger partial charge in [-0.15, -0.1) is 0 Å². The molecule has 0 radical (unpaired) electrons. The van der Waals surface area contributed by atoms with Crippen molar-refractivity contribution in [2.24, 2.45) is 5.92 Å². The number of amides is 1. The molecule has 1 amide bonds. The average molecular weight is 296 g/mol. The fourth-order valence-corrected chi connectivity index (χ4v) is 2.39. The summed E-state index contributed by atoms with van der Waals surface area (Å²) in [6.45, 7) is 0.606. The first-order valence-electron chi connectivity index (χ1n) is 6.33. The fraction of sp³-hybridized carbons (Fsp3) is 0.385. The Kier molecular flexibility index (Phi) is 4.15. The van der Waals surface area contributed by atoms with E-state index >= 15 is 0 Å². The van der Waals surface area contributed by atoms with Crippen molar-refractivity contribution < 1.29 is 24.0 Å². The van der Waals surface area contributed by atoms with Crippen molar-refractivity contribution in [1.29, 1.82) is 0 Å². The van der Waals surface area contributed by atoms with Gasteiger partial charge in [-0.2, -0.15) is 0 Å². The standard InChI is InChI=1S/C13H13FN2O5/c14-11-6-9(16(20)21)1-2-10(11)13(19)15-4-3-8(7-15)5-12(17)18/h1-2,6,8H,3-5,7H2,(H,17,18). The maximum Gasteiger partial charge on any atom is 0.303 e. The lowest BCUT2D eigenvalue weighted by atomic mass is 10.1. The Morgan fingerprint density at radius 3 is 2.76 bits per heavy atom. The lowest BCUT2D eigenvalue weighted by molar-refractivity contribution is -0.385. The summed E-state index contributed by atoms with van der Waals surface area (Å²) in [4.78, 5) is 33.9. The Morgan fingerprint density at radius 1 is 1.48 bits per heavy atom. The molecule has 1 aliphatic heterocycles. The third kappa shape index (κ3) is 3.33. The van der Waals surface area contributed by atoms with Crippen molar-refractivity contribution in [3.63, 3.8) is 0 Å². The van der Waals surface area contributed by atoms with Gasteiger partial charge in [-0.25, -0.2) is 4.39 Å². The van der Waals surface area contributed by atoms with Crippen molar-refractivity contribution in [2.75, 3.05) is 13.1 Å². The van der Waals surface area contributed by atoms with E-state index in [4.69, 9.17) is 5.11 Å². The van der Waals surface area contributed by atoms with Crippen molar-refractivity contribution >= 4 is 17.6 Å². The van der Waals surface area contributed by atoms with Gasteiger partial charge in [0, 0.05) is 25.6 Å². The van der Waals surface area contributed by atoms with Crippen LogP contribution in [-0.4, -0.2) is 39.9 Å². The van der Waals surface area contributed by atoms with Crippen LogP contribution in [0.2, 0.25) is 0 Å². The maximum atomic E-state index is 13.8. The summed E-state index contributed by atoms with van der Waals surface area (Å²) in [5.74, 6) is -2.60. The first kappa shape index (κ1) is 14.9. The topological polar surface area (TPSA) is 101 Å². The molecule has 8 heteroatoms. The van der Waals surface area contributed by atoms with Gasteiger partial charge in [0.05, 0.1) is 16.6 Å². The van der Waals surface area contributed by atoms with Crippen LogP contribution in [-0.2, 0) is 4.79 Å². The van der Waals surface area contributed by atoms with Crippen LogP contribution in [0.5, 0.6) is 0 Å². The average Bonchev–Trinajstić information content (AvgIpc) is 2.85. The van der Waals surface area contributed by atoms with Crippen LogP contribution < -0.4 is 0 Å². The number of likely N-dealkylation sites (tertiary alicyclic amines) is 1. The number of hydrogen-bond acceptors (Lipinski definition) is 4. The predicted molar refractivity (Wildman–Crippen MR) is 69.3 cm³/mol. The highest BCUT2D eigenvalue weighted by Gasteiger charge is 2.30. The molecule has 1 N–H and O–H groups in total. The van der Waals surface area contributed by atoms with Gasteiger partial charge in [-0.05, 0) is 18.4 Å². The van der Waals surface area contributed by atoms with Crippen LogP contribution in [0.1, 0.15) is 23.2 Å². The van der Waals surface area contributed by atoms with Crippen LogP contribution in [0.15, 0.2) is 18.2 Å². The van der Waals surface area contributed by atoms with Gasteiger partial charge in [0.15, 0.2) is 0 Å². The first-order chi connectivity index (χ1) is 9.88. The summed E-state index contributed by atoms with van der Waals surface area (Å²) < 4.78 is 13.8. The monoisotopic (exact) mass is 296 g/mol. The number of non-ortho nitro benzene ring substituents is 1. The van der Waals surface area contributed by atoms with E-state index in [0.29, 0.717) is 19.0 Å². The molecule has 0 bridgehead atoms. The molecule has 0 saturated carbocycles. The van der Waals surface area contributed by atoms with Crippen molar-refractivity contribution in [2.45, 2.75) is 12.8 Å². The predicted octanol–water partition coefficient (Wildman–Crippen LogP) is 1.67. The van der Waals surface area contributed by atoms with Gasteiger partial charge < -0.3 is 10.0 Å². The number of hydrogen-bond donors (Lipinski definition) is 1. The number of carbonyl (C=O) groups excluding carboxylic acids is 1. The number of carboxylic acid groups (broad SMARTS) is 1. The summed E-state index contributed by atoms with van der Waals surface area (Å²) >= 11 is 0. The Morgan fingerprint density at radius 2 is 2.19 bits per heavy atom. The van der Waals surface area contributed by atoms with E-state index in [1.807, 2.05) is 0 Å². The summed E-state index contributed by atoms with van der Waals surface area (Å²) in [7, 11) is 0. The SMILES string of the molecule is O=C(O)CC1CCN(C(=O)c2ccc([N+](=O)[O-])cc2F)C1. The molecule has 1 unspecified atom stereocenters. The molecular formula is C13H13FN2O5. The number of aliphatic carboxylic acids is 1. The molecule has 2 rings (SSSR count). The van der Waals surface area contributed by atoms with Crippen LogP contribution in [0.3, 0.4) is 0 Å². The first-order valence-corrected chi connectivity index (χ1v) is 6.33. The smallest absolute Gasteiger partial charge is 0.303 e. The van der Waals surface area contributed by atoms with Gasteiger partial charge >= 0.3 is 5.97 Å². The summed E-state index contributed by atoms with van der Waals surface area (Å²) in [6, 6.07) is 2.86.